The molecule has 0 aromatic carbocycles. The molecule has 1 heterocycles. The van der Waals surface area contributed by atoms with E-state index in [-0.39, 0.29) is 24.7 Å². The van der Waals surface area contributed by atoms with Crippen LogP contribution in [0.15, 0.2) is 0 Å². The average molecular weight is 218 g/mol. The smallest absolute Gasteiger partial charge is 0.0830 e. The van der Waals surface area contributed by atoms with Gasteiger partial charge in [-0.2, -0.15) is 0 Å². The lowest BCUT2D eigenvalue weighted by Gasteiger charge is -2.35. The van der Waals surface area contributed by atoms with Crippen LogP contribution in [0.2, 0.25) is 0 Å². The maximum atomic E-state index is 9.78. The van der Waals surface area contributed by atoms with Crippen molar-refractivity contribution in [2.45, 2.75) is 52.7 Å². The van der Waals surface area contributed by atoms with Crippen molar-refractivity contribution < 1.29 is 14.9 Å². The number of hydrogen-bond donors (Lipinski definition) is 2. The topological polar surface area (TPSA) is 49.7 Å². The summed E-state index contributed by atoms with van der Waals surface area (Å²) in [5, 5.41) is 18.6. The Hall–Kier alpha value is -0.120. The Morgan fingerprint density at radius 1 is 1.40 bits per heavy atom. The molecule has 15 heavy (non-hydrogen) atoms. The predicted molar refractivity (Wildman–Crippen MR) is 61.7 cm³/mol. The highest BCUT2D eigenvalue weighted by atomic mass is 16.5. The summed E-state index contributed by atoms with van der Waals surface area (Å²) in [6.07, 6.45) is 1.18. The number of hydrogen-bond acceptors (Lipinski definition) is 3. The molecule has 0 radical (unpaired) electrons. The molecule has 4 unspecified atom stereocenters. The zero-order valence-electron chi connectivity index (χ0n) is 10.4. The van der Waals surface area contributed by atoms with Crippen LogP contribution in [0.25, 0.3) is 0 Å². The van der Waals surface area contributed by atoms with Crippen molar-refractivity contribution in [2.75, 3.05) is 13.2 Å². The molecule has 4 atom stereocenters. The van der Waals surface area contributed by atoms with Crippen molar-refractivity contribution in [3.63, 3.8) is 0 Å². The highest BCUT2D eigenvalue weighted by Crippen LogP contribution is 2.27. The van der Waals surface area contributed by atoms with Crippen LogP contribution >= 0.6 is 0 Å². The lowest BCUT2D eigenvalue weighted by Crippen LogP contribution is -2.41. The quantitative estimate of drug-likeness (QED) is 0.759. The van der Waals surface area contributed by atoms with Gasteiger partial charge in [0.25, 0.3) is 0 Å². The van der Waals surface area contributed by atoms with E-state index < -0.39 is 0 Å². The summed E-state index contributed by atoms with van der Waals surface area (Å²) in [7, 11) is 0. The molecule has 0 saturated carbocycles. The van der Waals surface area contributed by atoms with Crippen molar-refractivity contribution in [1.82, 2.24) is 0 Å². The van der Waals surface area contributed by atoms with Crippen molar-refractivity contribution in [1.29, 1.82) is 0 Å². The molecule has 0 amide bonds. The lowest BCUT2D eigenvalue weighted by atomic mass is 9.84. The van der Waals surface area contributed by atoms with E-state index >= 15 is 0 Å². The van der Waals surface area contributed by atoms with Crippen LogP contribution in [0, 0.1) is 11.8 Å². The largest absolute Gasteiger partial charge is 0.394 e. The number of aliphatic hydroxyl groups is 2. The number of rotatable bonds is 3. The molecule has 1 fully saturated rings. The normalized spacial score (nSPS) is 32.8. The molecule has 0 bridgehead atoms. The third-order valence-electron chi connectivity index (χ3n) is 3.10. The minimum absolute atomic E-state index is 0.0181. The third kappa shape index (κ3) is 4.49. The van der Waals surface area contributed by atoms with Crippen LogP contribution in [0.5, 0.6) is 0 Å². The molecule has 0 spiro atoms. The maximum absolute atomic E-state index is 9.78. The first-order chi connectivity index (χ1) is 7.19. The van der Waals surface area contributed by atoms with Crippen LogP contribution in [-0.2, 0) is 4.74 Å². The van der Waals surface area contributed by atoms with Gasteiger partial charge in [-0.3, -0.25) is 0 Å². The predicted octanol–water partition coefficient (Wildman–Crippen LogP) is 1.82. The molecule has 1 rings (SSSR count). The van der Waals surface area contributed by atoms with E-state index in [4.69, 9.17) is 9.84 Å². The number of aliphatic hydroxyl groups excluding tert-OH is 2. The van der Waals surface area contributed by atoms with E-state index in [1.165, 1.54) is 0 Å². The monoisotopic (exact) mass is 218 g/mol. The Labute approximate surface area is 93.5 Å². The van der Waals surface area contributed by atoms with Gasteiger partial charge in [0.2, 0.25) is 0 Å². The Morgan fingerprint density at radius 3 is 2.40 bits per heavy atom. The third-order valence-corrected chi connectivity index (χ3v) is 3.10. The van der Waals surface area contributed by atoms with Crippen LogP contribution in [0.1, 0.15) is 40.5 Å². The van der Waals surface area contributed by atoms with Crippen molar-refractivity contribution in [3.05, 3.63) is 0 Å². The van der Waals surface area contributed by atoms with Gasteiger partial charge in [0.05, 0.1) is 25.4 Å². The zero-order valence-corrected chi connectivity index (χ0v) is 10.4. The van der Waals surface area contributed by atoms with Crippen molar-refractivity contribution in [3.8, 4) is 0 Å². The summed E-state index contributed by atoms with van der Waals surface area (Å²) >= 11 is 0. The molecule has 92 valence electrons. The van der Waals surface area contributed by atoms with E-state index in [1.807, 2.05) is 13.8 Å². The highest BCUT2D eigenvalue weighted by Gasteiger charge is 2.32. The minimum Gasteiger partial charge on any atom is -0.394 e. The van der Waals surface area contributed by atoms with Gasteiger partial charge in [0, 0.05) is 12.3 Å². The van der Waals surface area contributed by atoms with Gasteiger partial charge in [0.1, 0.15) is 0 Å². The van der Waals surface area contributed by atoms with Gasteiger partial charge >= 0.3 is 0 Å². The molecule has 2 N–H and O–H groups in total. The minimum atomic E-state index is -0.305. The number of ether oxygens (including phenoxy) is 1. The fraction of sp³-hybridized carbons (Fsp3) is 1.00. The van der Waals surface area contributed by atoms with Gasteiger partial charge in [-0.25, -0.2) is 0 Å². The average Bonchev–Trinajstić information content (AvgIpc) is 2.30. The van der Waals surface area contributed by atoms with E-state index in [9.17, 15) is 5.11 Å². The van der Waals surface area contributed by atoms with Crippen molar-refractivity contribution >= 4 is 0 Å². The molecule has 0 aromatic heterocycles. The van der Waals surface area contributed by atoms with E-state index in [0.717, 1.165) is 6.42 Å². The Balaban J connectivity index is 0.000000921. The summed E-state index contributed by atoms with van der Waals surface area (Å²) < 4.78 is 5.42. The van der Waals surface area contributed by atoms with Gasteiger partial charge in [-0.05, 0) is 5.92 Å². The second-order valence-electron chi connectivity index (χ2n) is 3.99. The molecular weight excluding hydrogens is 192 g/mol. The highest BCUT2D eigenvalue weighted by molar-refractivity contribution is 4.80. The first-order valence-corrected chi connectivity index (χ1v) is 6.09. The Morgan fingerprint density at radius 2 is 2.00 bits per heavy atom. The van der Waals surface area contributed by atoms with Gasteiger partial charge in [-0.15, -0.1) is 0 Å². The lowest BCUT2D eigenvalue weighted by molar-refractivity contribution is -0.112. The van der Waals surface area contributed by atoms with Crippen molar-refractivity contribution in [2.24, 2.45) is 11.8 Å². The standard InChI is InChI=1S/C10H20O3.C2H6/c1-3-7(2)9-6-13-8(5-11)4-10(9)12;1-2/h7-12H,3-6H2,1-2H3;1-2H3. The van der Waals surface area contributed by atoms with Gasteiger partial charge in [0.15, 0.2) is 0 Å². The Kier molecular flexibility index (Phi) is 8.02. The molecule has 1 aliphatic heterocycles. The van der Waals surface area contributed by atoms with E-state index in [0.29, 0.717) is 18.9 Å². The van der Waals surface area contributed by atoms with Gasteiger partial charge < -0.3 is 14.9 Å². The molecule has 0 aliphatic carbocycles. The fourth-order valence-electron chi connectivity index (χ4n) is 1.84. The fourth-order valence-corrected chi connectivity index (χ4v) is 1.84. The van der Waals surface area contributed by atoms with Crippen LogP contribution in [0.3, 0.4) is 0 Å². The first-order valence-electron chi connectivity index (χ1n) is 6.09. The second-order valence-corrected chi connectivity index (χ2v) is 3.99. The van der Waals surface area contributed by atoms with Crippen LogP contribution in [-0.4, -0.2) is 35.6 Å². The zero-order chi connectivity index (χ0) is 11.8. The SMILES string of the molecule is CC.CCC(C)C1COC(CO)CC1O. The second kappa shape index (κ2) is 8.08. The molecule has 3 heteroatoms. The molecule has 1 aliphatic rings. The Bertz CT molecular complexity index is 150. The summed E-state index contributed by atoms with van der Waals surface area (Å²) in [6.45, 7) is 8.86. The first kappa shape index (κ1) is 14.9. The van der Waals surface area contributed by atoms with E-state index in [1.54, 1.807) is 0 Å². The summed E-state index contributed by atoms with van der Waals surface area (Å²) in [4.78, 5) is 0. The summed E-state index contributed by atoms with van der Waals surface area (Å²) in [5.41, 5.74) is 0. The van der Waals surface area contributed by atoms with Gasteiger partial charge in [-0.1, -0.05) is 34.1 Å². The molecule has 0 aromatic rings. The molecule has 3 nitrogen and oxygen atoms in total. The summed E-state index contributed by atoms with van der Waals surface area (Å²) in [6, 6.07) is 0. The van der Waals surface area contributed by atoms with E-state index in [2.05, 4.69) is 13.8 Å². The van der Waals surface area contributed by atoms with Crippen LogP contribution < -0.4 is 0 Å². The molecule has 1 saturated heterocycles. The maximum Gasteiger partial charge on any atom is 0.0830 e. The van der Waals surface area contributed by atoms with Crippen LogP contribution in [0.4, 0.5) is 0 Å². The summed E-state index contributed by atoms with van der Waals surface area (Å²) in [5.74, 6) is 0.738. The molecular formula is C12H26O3.